The van der Waals surface area contributed by atoms with E-state index in [9.17, 15) is 4.79 Å². The van der Waals surface area contributed by atoms with Crippen LogP contribution in [0.5, 0.6) is 0 Å². The van der Waals surface area contributed by atoms with Crippen molar-refractivity contribution in [3.63, 3.8) is 0 Å². The molecule has 6 heteroatoms. The van der Waals surface area contributed by atoms with Crippen molar-refractivity contribution in [3.05, 3.63) is 47.3 Å². The quantitative estimate of drug-likeness (QED) is 0.876. The third-order valence-corrected chi connectivity index (χ3v) is 3.55. The molecule has 5 nitrogen and oxygen atoms in total. The lowest BCUT2D eigenvalue weighted by atomic mass is 10.1. The molecule has 0 aliphatic heterocycles. The zero-order chi connectivity index (χ0) is 15.6. The number of aryl methyl sites for hydroxylation is 2. The van der Waals surface area contributed by atoms with Crippen LogP contribution in [0.4, 0.5) is 5.69 Å². The lowest BCUT2D eigenvalue weighted by molar-refractivity contribution is 0.0992. The highest BCUT2D eigenvalue weighted by atomic mass is 32.1. The summed E-state index contributed by atoms with van der Waals surface area (Å²) in [7, 11) is 3.55. The van der Waals surface area contributed by atoms with Gasteiger partial charge in [0.1, 0.15) is 4.99 Å². The Morgan fingerprint density at radius 2 is 2.00 bits per heavy atom. The minimum atomic E-state index is -0.0805. The second-order valence-electron chi connectivity index (χ2n) is 4.79. The number of hydrogen-bond acceptors (Lipinski definition) is 3. The number of aromatic nitrogens is 2. The first-order valence-corrected chi connectivity index (χ1v) is 7.05. The molecule has 0 fully saturated rings. The monoisotopic (exact) mass is 302 g/mol. The summed E-state index contributed by atoms with van der Waals surface area (Å²) in [4.78, 5) is 14.5. The van der Waals surface area contributed by atoms with Crippen LogP contribution < -0.4 is 10.6 Å². The van der Waals surface area contributed by atoms with Crippen molar-refractivity contribution in [3.8, 4) is 0 Å². The topological polar surface area (TPSA) is 64.2 Å². The van der Waals surface area contributed by atoms with E-state index >= 15 is 0 Å². The summed E-state index contributed by atoms with van der Waals surface area (Å²) in [5.74, 6) is -0.0805. The summed E-state index contributed by atoms with van der Waals surface area (Å²) in [6, 6.07) is 7.28. The van der Waals surface area contributed by atoms with Gasteiger partial charge in [-0.2, -0.15) is 5.10 Å². The van der Waals surface area contributed by atoms with Crippen LogP contribution in [0.25, 0.3) is 0 Å². The summed E-state index contributed by atoms with van der Waals surface area (Å²) in [6.45, 7) is 1.98. The second-order valence-corrected chi connectivity index (χ2v) is 5.23. The van der Waals surface area contributed by atoms with Gasteiger partial charge in [-0.15, -0.1) is 0 Å². The molecule has 21 heavy (non-hydrogen) atoms. The second kappa shape index (κ2) is 6.05. The number of hydrogen-bond donors (Lipinski definition) is 1. The zero-order valence-corrected chi connectivity index (χ0v) is 13.1. The summed E-state index contributed by atoms with van der Waals surface area (Å²) in [6.07, 6.45) is 2.47. The molecule has 0 bridgehead atoms. The van der Waals surface area contributed by atoms with Crippen LogP contribution in [0.1, 0.15) is 28.5 Å². The number of anilines is 1. The zero-order valence-electron chi connectivity index (χ0n) is 12.3. The molecule has 2 aromatic rings. The molecule has 1 aromatic heterocycles. The molecule has 0 radical (unpaired) electrons. The van der Waals surface area contributed by atoms with E-state index in [4.69, 9.17) is 18.0 Å². The highest BCUT2D eigenvalue weighted by Gasteiger charge is 2.19. The van der Waals surface area contributed by atoms with Gasteiger partial charge in [0.15, 0.2) is 0 Å². The van der Waals surface area contributed by atoms with Gasteiger partial charge in [-0.3, -0.25) is 9.48 Å². The van der Waals surface area contributed by atoms with Gasteiger partial charge >= 0.3 is 0 Å². The van der Waals surface area contributed by atoms with E-state index in [2.05, 4.69) is 5.10 Å². The number of nitrogens with two attached hydrogens (primary N) is 1. The summed E-state index contributed by atoms with van der Waals surface area (Å²) in [5.41, 5.74) is 8.56. The minimum absolute atomic E-state index is 0.0805. The Kier molecular flexibility index (Phi) is 4.37. The molecule has 0 unspecified atom stereocenters. The number of thiocarbonyl (C=S) groups is 1. The van der Waals surface area contributed by atoms with Crippen LogP contribution >= 0.6 is 12.2 Å². The maximum absolute atomic E-state index is 12.6. The molecule has 0 saturated carbocycles. The Labute approximate surface area is 129 Å². The molecule has 1 aromatic carbocycles. The Morgan fingerprint density at radius 3 is 2.52 bits per heavy atom. The van der Waals surface area contributed by atoms with E-state index in [-0.39, 0.29) is 5.91 Å². The van der Waals surface area contributed by atoms with Crippen LogP contribution in [0.2, 0.25) is 0 Å². The van der Waals surface area contributed by atoms with Crippen molar-refractivity contribution < 1.29 is 4.79 Å². The van der Waals surface area contributed by atoms with E-state index in [0.717, 1.165) is 23.4 Å². The Bertz CT molecular complexity index is 675. The normalized spacial score (nSPS) is 10.4. The van der Waals surface area contributed by atoms with Gasteiger partial charge in [-0.05, 0) is 30.7 Å². The first kappa shape index (κ1) is 15.2. The van der Waals surface area contributed by atoms with E-state index in [1.165, 1.54) is 0 Å². The van der Waals surface area contributed by atoms with Crippen LogP contribution in [0.15, 0.2) is 30.5 Å². The fraction of sp³-hybridized carbons (Fsp3) is 0.267. The third kappa shape index (κ3) is 3.11. The molecular formula is C15H18N4OS. The van der Waals surface area contributed by atoms with Crippen molar-refractivity contribution in [1.29, 1.82) is 0 Å². The maximum atomic E-state index is 12.6. The lowest BCUT2D eigenvalue weighted by Gasteiger charge is -2.17. The Balaban J connectivity index is 2.28. The number of benzene rings is 1. The molecule has 0 saturated heterocycles. The van der Waals surface area contributed by atoms with Gasteiger partial charge < -0.3 is 10.6 Å². The molecule has 0 atom stereocenters. The highest BCUT2D eigenvalue weighted by Crippen LogP contribution is 2.18. The molecular weight excluding hydrogens is 284 g/mol. The van der Waals surface area contributed by atoms with Crippen molar-refractivity contribution in [2.75, 3.05) is 11.9 Å². The third-order valence-electron chi connectivity index (χ3n) is 3.31. The molecule has 1 heterocycles. The fourth-order valence-corrected chi connectivity index (χ4v) is 2.26. The van der Waals surface area contributed by atoms with Crippen molar-refractivity contribution in [1.82, 2.24) is 9.78 Å². The minimum Gasteiger partial charge on any atom is -0.389 e. The SMILES string of the molecule is CCc1nn(C)cc1C(=O)N(C)c1ccc(C(N)=S)cc1. The number of amides is 1. The van der Waals surface area contributed by atoms with Crippen molar-refractivity contribution in [2.45, 2.75) is 13.3 Å². The van der Waals surface area contributed by atoms with Crippen molar-refractivity contribution >= 4 is 28.8 Å². The standard InChI is InChI=1S/C15H18N4OS/c1-4-13-12(9-18(2)17-13)15(20)19(3)11-7-5-10(6-8-11)14(16)21/h5-9H,4H2,1-3H3,(H2,16,21). The highest BCUT2D eigenvalue weighted by molar-refractivity contribution is 7.80. The van der Waals surface area contributed by atoms with E-state index in [0.29, 0.717) is 10.6 Å². The van der Waals surface area contributed by atoms with E-state index < -0.39 is 0 Å². The van der Waals surface area contributed by atoms with Gasteiger partial charge in [0.2, 0.25) is 0 Å². The van der Waals surface area contributed by atoms with Gasteiger partial charge in [-0.25, -0.2) is 0 Å². The number of carbonyl (C=O) groups is 1. The van der Waals surface area contributed by atoms with E-state index in [1.54, 1.807) is 22.8 Å². The number of carbonyl (C=O) groups excluding carboxylic acids is 1. The first-order valence-electron chi connectivity index (χ1n) is 6.64. The number of nitrogens with zero attached hydrogens (tertiary/aromatic N) is 3. The van der Waals surface area contributed by atoms with Gasteiger partial charge in [0, 0.05) is 31.5 Å². The molecule has 0 spiro atoms. The van der Waals surface area contributed by atoms with Crippen LogP contribution in [-0.4, -0.2) is 27.7 Å². The molecule has 2 rings (SSSR count). The largest absolute Gasteiger partial charge is 0.389 e. The summed E-state index contributed by atoms with van der Waals surface area (Å²) in [5, 5.41) is 4.30. The molecule has 0 aliphatic carbocycles. The fourth-order valence-electron chi connectivity index (χ4n) is 2.12. The smallest absolute Gasteiger partial charge is 0.261 e. The van der Waals surface area contributed by atoms with Crippen molar-refractivity contribution in [2.24, 2.45) is 12.8 Å². The van der Waals surface area contributed by atoms with Crippen LogP contribution in [0, 0.1) is 0 Å². The van der Waals surface area contributed by atoms with Gasteiger partial charge in [0.25, 0.3) is 5.91 Å². The van der Waals surface area contributed by atoms with Gasteiger partial charge in [0.05, 0.1) is 11.3 Å². The molecule has 1 amide bonds. The Hall–Kier alpha value is -2.21. The Morgan fingerprint density at radius 1 is 1.38 bits per heavy atom. The number of rotatable bonds is 4. The average Bonchev–Trinajstić information content (AvgIpc) is 2.86. The molecule has 0 aliphatic rings. The summed E-state index contributed by atoms with van der Waals surface area (Å²) >= 11 is 4.92. The predicted molar refractivity (Wildman–Crippen MR) is 87.6 cm³/mol. The average molecular weight is 302 g/mol. The van der Waals surface area contributed by atoms with Crippen LogP contribution in [0.3, 0.4) is 0 Å². The predicted octanol–water partition coefficient (Wildman–Crippen LogP) is 1.89. The van der Waals surface area contributed by atoms with Gasteiger partial charge in [-0.1, -0.05) is 19.1 Å². The van der Waals surface area contributed by atoms with E-state index in [1.807, 2.05) is 38.2 Å². The molecule has 2 N–H and O–H groups in total. The first-order chi connectivity index (χ1) is 9.93. The maximum Gasteiger partial charge on any atom is 0.261 e. The lowest BCUT2D eigenvalue weighted by Crippen LogP contribution is -2.26. The van der Waals surface area contributed by atoms with Crippen LogP contribution in [-0.2, 0) is 13.5 Å². The summed E-state index contributed by atoms with van der Waals surface area (Å²) < 4.78 is 1.66. The molecule has 110 valence electrons.